The van der Waals surface area contributed by atoms with Crippen LogP contribution in [-0.4, -0.2) is 19.4 Å². The Kier molecular flexibility index (Phi) is 5.36. The van der Waals surface area contributed by atoms with Gasteiger partial charge in [-0.15, -0.1) is 0 Å². The summed E-state index contributed by atoms with van der Waals surface area (Å²) in [5.74, 6) is 0. The second-order valence-corrected chi connectivity index (χ2v) is 6.56. The Morgan fingerprint density at radius 1 is 1.50 bits per heavy atom. The van der Waals surface area contributed by atoms with Crippen molar-refractivity contribution in [1.29, 1.82) is 0 Å². The van der Waals surface area contributed by atoms with Crippen LogP contribution in [0.3, 0.4) is 0 Å². The Labute approximate surface area is 122 Å². The molecule has 0 saturated carbocycles. The van der Waals surface area contributed by atoms with Crippen molar-refractivity contribution in [3.8, 4) is 0 Å². The third-order valence-corrected chi connectivity index (χ3v) is 4.70. The van der Waals surface area contributed by atoms with Crippen LogP contribution in [0, 0.1) is 0 Å². The fraction of sp³-hybridized carbons (Fsp3) is 0.300. The number of hydrogen-bond donors (Lipinski definition) is 2. The van der Waals surface area contributed by atoms with Crippen molar-refractivity contribution in [2.75, 3.05) is 0 Å². The topological polar surface area (TPSA) is 72.2 Å². The first-order valence-electron chi connectivity index (χ1n) is 5.04. The van der Waals surface area contributed by atoms with E-state index in [1.807, 2.05) is 0 Å². The summed E-state index contributed by atoms with van der Waals surface area (Å²) in [5, 5.41) is 0.368. The summed E-state index contributed by atoms with van der Waals surface area (Å²) in [7, 11) is -3.80. The van der Waals surface area contributed by atoms with E-state index in [0.717, 1.165) is 0 Å². The van der Waals surface area contributed by atoms with Gasteiger partial charge in [0.2, 0.25) is 10.0 Å². The molecule has 0 aromatic heterocycles. The zero-order valence-electron chi connectivity index (χ0n) is 9.48. The Morgan fingerprint density at radius 2 is 2.11 bits per heavy atom. The molecule has 0 aliphatic carbocycles. The van der Waals surface area contributed by atoms with E-state index in [2.05, 4.69) is 4.72 Å². The van der Waals surface area contributed by atoms with Crippen LogP contribution in [0.1, 0.15) is 13.3 Å². The van der Waals surface area contributed by atoms with Gasteiger partial charge in [0.05, 0.1) is 16.1 Å². The third kappa shape index (κ3) is 3.80. The van der Waals surface area contributed by atoms with Gasteiger partial charge in [-0.1, -0.05) is 42.3 Å². The zero-order valence-corrected chi connectivity index (χ0v) is 12.6. The number of benzene rings is 1. The van der Waals surface area contributed by atoms with Crippen molar-refractivity contribution in [3.05, 3.63) is 28.2 Å². The first-order chi connectivity index (χ1) is 8.27. The fourth-order valence-corrected chi connectivity index (χ4v) is 3.64. The second-order valence-electron chi connectivity index (χ2n) is 3.56. The zero-order chi connectivity index (χ0) is 13.9. The van der Waals surface area contributed by atoms with Crippen molar-refractivity contribution in [2.24, 2.45) is 5.73 Å². The molecule has 1 unspecified atom stereocenters. The molecule has 4 nitrogen and oxygen atoms in total. The molecule has 0 fully saturated rings. The third-order valence-electron chi connectivity index (χ3n) is 2.23. The number of sulfonamides is 1. The second kappa shape index (κ2) is 6.16. The Hall–Kier alpha value is -0.400. The maximum atomic E-state index is 12.1. The molecule has 18 heavy (non-hydrogen) atoms. The molecule has 1 aromatic carbocycles. The Bertz CT molecular complexity index is 561. The smallest absolute Gasteiger partial charge is 0.242 e. The van der Waals surface area contributed by atoms with Crippen molar-refractivity contribution in [2.45, 2.75) is 24.3 Å². The first-order valence-corrected chi connectivity index (χ1v) is 7.69. The fourth-order valence-electron chi connectivity index (χ4n) is 1.28. The van der Waals surface area contributed by atoms with E-state index in [9.17, 15) is 8.42 Å². The van der Waals surface area contributed by atoms with E-state index >= 15 is 0 Å². The van der Waals surface area contributed by atoms with E-state index in [-0.39, 0.29) is 19.9 Å². The van der Waals surface area contributed by atoms with Crippen LogP contribution in [0.15, 0.2) is 23.1 Å². The van der Waals surface area contributed by atoms with Gasteiger partial charge in [0.15, 0.2) is 0 Å². The molecule has 0 spiro atoms. The number of hydrogen-bond acceptors (Lipinski definition) is 3. The van der Waals surface area contributed by atoms with Crippen molar-refractivity contribution in [3.63, 3.8) is 0 Å². The van der Waals surface area contributed by atoms with Crippen LogP contribution in [0.5, 0.6) is 0 Å². The van der Waals surface area contributed by atoms with E-state index in [1.54, 1.807) is 6.92 Å². The SMILES string of the molecule is CCC(NS(=O)(=O)c1cc(Cl)ccc1Cl)C(N)=S. The highest BCUT2D eigenvalue weighted by atomic mass is 35.5. The lowest BCUT2D eigenvalue weighted by molar-refractivity contribution is 0.572. The van der Waals surface area contributed by atoms with Crippen molar-refractivity contribution < 1.29 is 8.42 Å². The first kappa shape index (κ1) is 15.7. The highest BCUT2D eigenvalue weighted by molar-refractivity contribution is 7.89. The quantitative estimate of drug-likeness (QED) is 0.814. The van der Waals surface area contributed by atoms with Crippen molar-refractivity contribution >= 4 is 50.4 Å². The minimum Gasteiger partial charge on any atom is -0.392 e. The molecule has 1 aromatic rings. The summed E-state index contributed by atoms with van der Waals surface area (Å²) >= 11 is 16.4. The molecule has 0 radical (unpaired) electrons. The minimum absolute atomic E-state index is 0.0826. The predicted molar refractivity (Wildman–Crippen MR) is 77.6 cm³/mol. The molecule has 0 aliphatic rings. The number of nitrogens with two attached hydrogens (primary N) is 1. The van der Waals surface area contributed by atoms with Gasteiger partial charge in [-0.05, 0) is 24.6 Å². The van der Waals surface area contributed by atoms with Gasteiger partial charge in [0, 0.05) is 5.02 Å². The average Bonchev–Trinajstić information content (AvgIpc) is 2.28. The van der Waals surface area contributed by atoms with Gasteiger partial charge >= 0.3 is 0 Å². The molecular weight excluding hydrogens is 315 g/mol. The Morgan fingerprint density at radius 3 is 2.61 bits per heavy atom. The summed E-state index contributed by atoms with van der Waals surface area (Å²) in [5.41, 5.74) is 5.45. The highest BCUT2D eigenvalue weighted by Crippen LogP contribution is 2.25. The van der Waals surface area contributed by atoms with Crippen LogP contribution in [0.25, 0.3) is 0 Å². The molecule has 0 bridgehead atoms. The standard InChI is InChI=1S/C10H12Cl2N2O2S2/c1-2-8(10(13)17)14-18(15,16)9-5-6(11)3-4-7(9)12/h3-5,8,14H,2H2,1H3,(H2,13,17). The number of halogens is 2. The van der Waals surface area contributed by atoms with Crippen LogP contribution in [-0.2, 0) is 10.0 Å². The molecule has 0 heterocycles. The summed E-state index contributed by atoms with van der Waals surface area (Å²) < 4.78 is 26.6. The summed E-state index contributed by atoms with van der Waals surface area (Å²) in [6.07, 6.45) is 0.451. The predicted octanol–water partition coefficient (Wildman–Crippen LogP) is 2.34. The molecule has 0 aliphatic heterocycles. The normalized spacial score (nSPS) is 13.3. The lowest BCUT2D eigenvalue weighted by Gasteiger charge is -2.16. The number of nitrogens with one attached hydrogen (secondary N) is 1. The monoisotopic (exact) mass is 326 g/mol. The number of rotatable bonds is 5. The molecule has 8 heteroatoms. The van der Waals surface area contributed by atoms with E-state index < -0.39 is 16.1 Å². The van der Waals surface area contributed by atoms with Crippen LogP contribution in [0.4, 0.5) is 0 Å². The lowest BCUT2D eigenvalue weighted by Crippen LogP contribution is -2.42. The van der Waals surface area contributed by atoms with E-state index in [4.69, 9.17) is 41.2 Å². The average molecular weight is 327 g/mol. The van der Waals surface area contributed by atoms with Gasteiger partial charge in [0.1, 0.15) is 4.90 Å². The summed E-state index contributed by atoms with van der Waals surface area (Å²) in [6, 6.07) is 3.59. The van der Waals surface area contributed by atoms with Gasteiger partial charge in [-0.2, -0.15) is 0 Å². The van der Waals surface area contributed by atoms with Crippen LogP contribution >= 0.6 is 35.4 Å². The van der Waals surface area contributed by atoms with Gasteiger partial charge in [-0.25, -0.2) is 13.1 Å². The maximum Gasteiger partial charge on any atom is 0.242 e. The summed E-state index contributed by atoms with van der Waals surface area (Å²) in [4.78, 5) is -0.00871. The van der Waals surface area contributed by atoms with E-state index in [0.29, 0.717) is 6.42 Å². The van der Waals surface area contributed by atoms with Crippen molar-refractivity contribution in [1.82, 2.24) is 4.72 Å². The molecule has 3 N–H and O–H groups in total. The van der Waals surface area contributed by atoms with Gasteiger partial charge < -0.3 is 5.73 Å². The molecule has 0 saturated heterocycles. The van der Waals surface area contributed by atoms with Gasteiger partial charge in [-0.3, -0.25) is 0 Å². The van der Waals surface area contributed by atoms with Crippen LogP contribution in [0.2, 0.25) is 10.0 Å². The molecular formula is C10H12Cl2N2O2S2. The molecule has 100 valence electrons. The lowest BCUT2D eigenvalue weighted by atomic mass is 10.2. The van der Waals surface area contributed by atoms with Gasteiger partial charge in [0.25, 0.3) is 0 Å². The number of thiocarbonyl (C=S) groups is 1. The minimum atomic E-state index is -3.80. The molecule has 0 amide bonds. The highest BCUT2D eigenvalue weighted by Gasteiger charge is 2.23. The molecule has 1 atom stereocenters. The van der Waals surface area contributed by atoms with E-state index in [1.165, 1.54) is 18.2 Å². The van der Waals surface area contributed by atoms with Crippen LogP contribution < -0.4 is 10.5 Å². The largest absolute Gasteiger partial charge is 0.392 e. The maximum absolute atomic E-state index is 12.1. The Balaban J connectivity index is 3.14. The molecule has 1 rings (SSSR count). The summed E-state index contributed by atoms with van der Waals surface area (Å²) in [6.45, 7) is 1.77.